The fourth-order valence-corrected chi connectivity index (χ4v) is 16.0. The van der Waals surface area contributed by atoms with Gasteiger partial charge in [0, 0.05) is 50.5 Å². The summed E-state index contributed by atoms with van der Waals surface area (Å²) < 4.78 is 2.80. The van der Waals surface area contributed by atoms with E-state index in [0.717, 1.165) is 49.2 Å². The summed E-state index contributed by atoms with van der Waals surface area (Å²) in [5.74, 6) is 0. The van der Waals surface area contributed by atoms with Crippen LogP contribution in [0.15, 0.2) is 182 Å². The summed E-state index contributed by atoms with van der Waals surface area (Å²) in [6.45, 7) is 29.8. The summed E-state index contributed by atoms with van der Waals surface area (Å²) in [6, 6.07) is 70.8. The number of benzene rings is 9. The predicted octanol–water partition coefficient (Wildman–Crippen LogP) is 19.9. The number of anilines is 5. The molecule has 0 saturated carbocycles. The number of aromatic nitrogens is 1. The van der Waals surface area contributed by atoms with E-state index in [1.54, 1.807) is 0 Å². The second-order valence-electron chi connectivity index (χ2n) is 29.3. The molecule has 3 aliphatic carbocycles. The Kier molecular flexibility index (Phi) is 11.0. The zero-order valence-electron chi connectivity index (χ0n) is 50.5. The Morgan fingerprint density at radius 2 is 0.854 bits per heavy atom. The molecule has 0 saturated heterocycles. The molecule has 0 radical (unpaired) electrons. The van der Waals surface area contributed by atoms with Crippen LogP contribution in [0.2, 0.25) is 0 Å². The Hall–Kier alpha value is -7.56. The van der Waals surface area contributed by atoms with Gasteiger partial charge in [-0.3, -0.25) is 0 Å². The van der Waals surface area contributed by atoms with Crippen LogP contribution in [-0.4, -0.2) is 11.4 Å². The quantitative estimate of drug-likeness (QED) is 0.154. The predicted molar refractivity (Wildman–Crippen MR) is 351 cm³/mol. The first-order valence-corrected chi connectivity index (χ1v) is 30.7. The lowest BCUT2D eigenvalue weighted by Gasteiger charge is -2.47. The van der Waals surface area contributed by atoms with E-state index >= 15 is 0 Å². The molecule has 82 heavy (non-hydrogen) atoms. The normalized spacial score (nSPS) is 18.7. The molecule has 4 heteroatoms. The number of nitrogens with zero attached hydrogens (tertiary/aromatic N) is 3. The van der Waals surface area contributed by atoms with Crippen LogP contribution in [0.4, 0.5) is 28.4 Å². The van der Waals surface area contributed by atoms with Gasteiger partial charge in [-0.15, -0.1) is 0 Å². The van der Waals surface area contributed by atoms with E-state index in [-0.39, 0.29) is 39.3 Å². The summed E-state index contributed by atoms with van der Waals surface area (Å²) in [6.07, 6.45) is 6.97. The average Bonchev–Trinajstić information content (AvgIpc) is 1.70. The molecule has 408 valence electrons. The zero-order chi connectivity index (χ0) is 56.6. The minimum atomic E-state index is -0.122. The van der Waals surface area contributed by atoms with Crippen LogP contribution in [0.3, 0.4) is 0 Å². The Morgan fingerprint density at radius 1 is 0.366 bits per heavy atom. The first-order valence-electron chi connectivity index (χ1n) is 30.7. The van der Waals surface area contributed by atoms with Crippen LogP contribution in [0.5, 0.6) is 0 Å². The van der Waals surface area contributed by atoms with Crippen molar-refractivity contribution >= 4 is 68.0 Å². The van der Waals surface area contributed by atoms with Crippen molar-refractivity contribution in [2.45, 2.75) is 154 Å². The Morgan fingerprint density at radius 3 is 1.44 bits per heavy atom. The largest absolute Gasteiger partial charge is 0.376 e. The van der Waals surface area contributed by atoms with Gasteiger partial charge in [0.25, 0.3) is 0 Å². The van der Waals surface area contributed by atoms with E-state index in [1.165, 1.54) is 123 Å². The molecule has 0 bridgehead atoms. The van der Waals surface area contributed by atoms with Gasteiger partial charge in [0.15, 0.2) is 0 Å². The maximum atomic E-state index is 2.81. The molecule has 5 aliphatic rings. The van der Waals surface area contributed by atoms with Crippen molar-refractivity contribution in [1.82, 2.24) is 4.57 Å². The van der Waals surface area contributed by atoms with Crippen molar-refractivity contribution in [3.63, 3.8) is 0 Å². The lowest BCUT2D eigenvalue weighted by molar-refractivity contribution is 0.332. The average molecular weight is 1070 g/mol. The van der Waals surface area contributed by atoms with Gasteiger partial charge >= 0.3 is 6.85 Å². The van der Waals surface area contributed by atoms with Gasteiger partial charge in [-0.05, 0) is 222 Å². The molecule has 0 amide bonds. The summed E-state index contributed by atoms with van der Waals surface area (Å²) >= 11 is 0. The van der Waals surface area contributed by atoms with E-state index in [0.29, 0.717) is 0 Å². The van der Waals surface area contributed by atoms with Gasteiger partial charge in [0.2, 0.25) is 0 Å². The van der Waals surface area contributed by atoms with Gasteiger partial charge < -0.3 is 14.3 Å². The molecule has 0 N–H and O–H groups in total. The monoisotopic (exact) mass is 1070 g/mol. The molecule has 10 aromatic rings. The molecule has 9 aromatic carbocycles. The Bertz CT molecular complexity index is 4230. The highest BCUT2D eigenvalue weighted by atomic mass is 15.1. The van der Waals surface area contributed by atoms with Crippen LogP contribution >= 0.6 is 0 Å². The fourth-order valence-electron chi connectivity index (χ4n) is 16.0. The SMILES string of the molecule is CC1(C)CCC(C)(C)c2cc(N3B4c5cc6c(cc5-n5c7cc8c(cc7c7c(-c9ccc(-c%10ccccc%10)cc9)cc(c4c75)-c4cc(N(c5ccccc5)c5ccccc5)ccc43)C(C)(C)CCC8(C)C)C(C)(C)CCC6(C)C)ccc21. The highest BCUT2D eigenvalue weighted by Crippen LogP contribution is 2.56. The molecule has 3 heterocycles. The molecular weight excluding hydrogens is 990 g/mol. The summed E-state index contributed by atoms with van der Waals surface area (Å²) in [7, 11) is 0. The number of fused-ring (bicyclic) bond motifs is 11. The van der Waals surface area contributed by atoms with Gasteiger partial charge in [-0.25, -0.2) is 0 Å². The van der Waals surface area contributed by atoms with E-state index in [4.69, 9.17) is 0 Å². The van der Waals surface area contributed by atoms with Crippen LogP contribution in [0.25, 0.3) is 60.9 Å². The van der Waals surface area contributed by atoms with Gasteiger partial charge in [0.1, 0.15) is 0 Å². The lowest BCUT2D eigenvalue weighted by Crippen LogP contribution is -2.61. The Labute approximate surface area is 488 Å². The van der Waals surface area contributed by atoms with Crippen LogP contribution in [0, 0.1) is 0 Å². The second-order valence-corrected chi connectivity index (χ2v) is 29.3. The molecule has 1 aromatic heterocycles. The number of rotatable bonds is 6. The first kappa shape index (κ1) is 51.3. The Balaban J connectivity index is 1.13. The van der Waals surface area contributed by atoms with Gasteiger partial charge in [-0.1, -0.05) is 186 Å². The van der Waals surface area contributed by atoms with E-state index in [1.807, 2.05) is 0 Å². The fraction of sp³-hybridized carbons (Fsp3) is 0.308. The summed E-state index contributed by atoms with van der Waals surface area (Å²) in [4.78, 5) is 5.26. The third-order valence-corrected chi connectivity index (χ3v) is 21.3. The number of para-hydroxylation sites is 2. The smallest absolute Gasteiger partial charge is 0.333 e. The van der Waals surface area contributed by atoms with Crippen LogP contribution < -0.4 is 20.6 Å². The molecular formula is C78H78BN3. The van der Waals surface area contributed by atoms with Crippen LogP contribution in [-0.2, 0) is 32.5 Å². The maximum absolute atomic E-state index is 2.81. The third-order valence-electron chi connectivity index (χ3n) is 21.3. The summed E-state index contributed by atoms with van der Waals surface area (Å²) in [5, 5.41) is 2.72. The van der Waals surface area contributed by atoms with Gasteiger partial charge in [-0.2, -0.15) is 0 Å². The minimum Gasteiger partial charge on any atom is -0.376 e. The molecule has 15 rings (SSSR count). The van der Waals surface area contributed by atoms with Crippen molar-refractivity contribution < 1.29 is 0 Å². The summed E-state index contributed by atoms with van der Waals surface area (Å²) in [5.41, 5.74) is 29.4. The van der Waals surface area contributed by atoms with E-state index in [2.05, 4.69) is 279 Å². The highest BCUT2D eigenvalue weighted by molar-refractivity contribution is 6.93. The third kappa shape index (κ3) is 7.54. The molecule has 3 nitrogen and oxygen atoms in total. The second kappa shape index (κ2) is 17.5. The standard InChI is InChI=1S/C78H78BN3/c1-73(2)36-37-74(3,4)61-43-55(32-34-60(61)73)82-67-35-33-54(80(52-24-18-14-19-25-52)53-26-20-15-21-27-53)42-57(67)58-44-56(51-30-28-50(29-31-51)49-22-16-13-17-23-49)70-59-45-62-64(77(9,10)40-38-75(62,5)6)47-68(59)81-69-48-65-63(76(7,8)39-41-78(65,11)12)46-66(69)79(82)71(58)72(70)81/h13-35,42-48H,36-41H2,1-12H3. The van der Waals surface area contributed by atoms with E-state index in [9.17, 15) is 0 Å². The van der Waals surface area contributed by atoms with Crippen molar-refractivity contribution in [3.05, 3.63) is 215 Å². The van der Waals surface area contributed by atoms with Crippen molar-refractivity contribution in [2.75, 3.05) is 9.71 Å². The molecule has 2 aliphatic heterocycles. The zero-order valence-corrected chi connectivity index (χ0v) is 50.5. The molecule has 0 fully saturated rings. The number of hydrogen-bond donors (Lipinski definition) is 0. The van der Waals surface area contributed by atoms with Crippen LogP contribution in [0.1, 0.15) is 155 Å². The first-order chi connectivity index (χ1) is 39.1. The topological polar surface area (TPSA) is 11.4 Å². The van der Waals surface area contributed by atoms with Gasteiger partial charge in [0.05, 0.1) is 11.0 Å². The maximum Gasteiger partial charge on any atom is 0.333 e. The minimum absolute atomic E-state index is 0.00752. The molecule has 0 unspecified atom stereocenters. The molecule has 0 spiro atoms. The number of hydrogen-bond acceptors (Lipinski definition) is 2. The van der Waals surface area contributed by atoms with Crippen molar-refractivity contribution in [2.24, 2.45) is 0 Å². The highest BCUT2D eigenvalue weighted by Gasteiger charge is 2.49. The lowest BCUT2D eigenvalue weighted by atomic mass is 9.43. The molecule has 0 atom stereocenters. The van der Waals surface area contributed by atoms with E-state index < -0.39 is 0 Å². The van der Waals surface area contributed by atoms with Crippen molar-refractivity contribution in [1.29, 1.82) is 0 Å². The van der Waals surface area contributed by atoms with Crippen molar-refractivity contribution in [3.8, 4) is 39.1 Å².